The van der Waals surface area contributed by atoms with E-state index in [1.54, 1.807) is 6.08 Å². The van der Waals surface area contributed by atoms with E-state index >= 15 is 0 Å². The molecule has 3 nitrogen and oxygen atoms in total. The van der Waals surface area contributed by atoms with Gasteiger partial charge in [0.1, 0.15) is 0 Å². The van der Waals surface area contributed by atoms with Gasteiger partial charge in [-0.05, 0) is 19.2 Å². The van der Waals surface area contributed by atoms with Crippen LogP contribution in [-0.2, 0) is 11.3 Å². The summed E-state index contributed by atoms with van der Waals surface area (Å²) in [7, 11) is 1.90. The predicted octanol–water partition coefficient (Wildman–Crippen LogP) is 2.14. The summed E-state index contributed by atoms with van der Waals surface area (Å²) in [5.74, 6) is 0.00468. The fraction of sp³-hybridized carbons (Fsp3) is 0.364. The first-order valence-corrected chi connectivity index (χ1v) is 6.11. The van der Waals surface area contributed by atoms with Gasteiger partial charge in [-0.15, -0.1) is 17.9 Å². The third-order valence-corrected chi connectivity index (χ3v) is 3.13. The second-order valence-electron chi connectivity index (χ2n) is 3.47. The van der Waals surface area contributed by atoms with Crippen molar-refractivity contribution in [3.63, 3.8) is 0 Å². The molecule has 1 aromatic heterocycles. The molecule has 0 atom stereocenters. The van der Waals surface area contributed by atoms with Crippen molar-refractivity contribution >= 4 is 28.8 Å². The third-order valence-electron chi connectivity index (χ3n) is 1.91. The van der Waals surface area contributed by atoms with Crippen LogP contribution in [0.4, 0.5) is 0 Å². The summed E-state index contributed by atoms with van der Waals surface area (Å²) in [6.45, 7) is 5.17. The maximum Gasteiger partial charge on any atom is 0.234 e. The molecule has 16 heavy (non-hydrogen) atoms. The maximum atomic E-state index is 11.4. The minimum Gasteiger partial charge on any atom is -0.352 e. The number of nitrogens with zero attached hydrogens (tertiary/aromatic N) is 1. The lowest BCUT2D eigenvalue weighted by Gasteiger charge is -2.14. The SMILES string of the molecule is C=CCNC(=O)CN(C)Cc1ccc(Cl)s1. The highest BCUT2D eigenvalue weighted by atomic mass is 35.5. The molecule has 5 heteroatoms. The number of hydrogen-bond acceptors (Lipinski definition) is 3. The summed E-state index contributed by atoms with van der Waals surface area (Å²) in [4.78, 5) is 14.5. The molecular weight excluding hydrogens is 244 g/mol. The Morgan fingerprint density at radius 2 is 2.44 bits per heavy atom. The van der Waals surface area contributed by atoms with E-state index < -0.39 is 0 Å². The zero-order valence-electron chi connectivity index (χ0n) is 9.20. The Balaban J connectivity index is 2.32. The van der Waals surface area contributed by atoms with Gasteiger partial charge in [0.15, 0.2) is 0 Å². The summed E-state index contributed by atoms with van der Waals surface area (Å²) in [6.07, 6.45) is 1.66. The normalized spacial score (nSPS) is 10.4. The Hall–Kier alpha value is -0.840. The monoisotopic (exact) mass is 258 g/mol. The smallest absolute Gasteiger partial charge is 0.234 e. The van der Waals surface area contributed by atoms with Gasteiger partial charge in [-0.2, -0.15) is 0 Å². The second kappa shape index (κ2) is 6.68. The highest BCUT2D eigenvalue weighted by molar-refractivity contribution is 7.16. The number of carbonyl (C=O) groups is 1. The topological polar surface area (TPSA) is 32.3 Å². The van der Waals surface area contributed by atoms with E-state index in [-0.39, 0.29) is 5.91 Å². The molecule has 0 aliphatic carbocycles. The van der Waals surface area contributed by atoms with Crippen molar-refractivity contribution in [2.45, 2.75) is 6.54 Å². The van der Waals surface area contributed by atoms with E-state index in [1.807, 2.05) is 24.1 Å². The average Bonchev–Trinajstić information content (AvgIpc) is 2.60. The number of likely N-dealkylation sites (N-methyl/N-ethyl adjacent to an activating group) is 1. The standard InChI is InChI=1S/C11H15ClN2OS/c1-3-6-13-11(15)8-14(2)7-9-4-5-10(12)16-9/h3-5H,1,6-8H2,2H3,(H,13,15). The molecule has 1 N–H and O–H groups in total. The fourth-order valence-corrected chi connectivity index (χ4v) is 2.41. The van der Waals surface area contributed by atoms with Crippen LogP contribution in [-0.4, -0.2) is 30.9 Å². The summed E-state index contributed by atoms with van der Waals surface area (Å²) >= 11 is 7.36. The van der Waals surface area contributed by atoms with Crippen LogP contribution in [0.2, 0.25) is 4.34 Å². The van der Waals surface area contributed by atoms with E-state index in [1.165, 1.54) is 11.3 Å². The molecule has 88 valence electrons. The van der Waals surface area contributed by atoms with Crippen molar-refractivity contribution < 1.29 is 4.79 Å². The first kappa shape index (κ1) is 13.2. The molecule has 0 aliphatic heterocycles. The number of thiophene rings is 1. The van der Waals surface area contributed by atoms with Gasteiger partial charge < -0.3 is 5.32 Å². The van der Waals surface area contributed by atoms with Crippen LogP contribution in [0.25, 0.3) is 0 Å². The lowest BCUT2D eigenvalue weighted by atomic mass is 10.4. The molecular formula is C11H15ClN2OS. The molecule has 0 unspecified atom stereocenters. The van der Waals surface area contributed by atoms with Gasteiger partial charge in [0.05, 0.1) is 10.9 Å². The van der Waals surface area contributed by atoms with Crippen LogP contribution >= 0.6 is 22.9 Å². The first-order valence-electron chi connectivity index (χ1n) is 4.92. The Labute approximate surface area is 105 Å². The lowest BCUT2D eigenvalue weighted by Crippen LogP contribution is -2.34. The zero-order chi connectivity index (χ0) is 12.0. The number of hydrogen-bond donors (Lipinski definition) is 1. The van der Waals surface area contributed by atoms with E-state index in [2.05, 4.69) is 11.9 Å². The van der Waals surface area contributed by atoms with E-state index in [0.29, 0.717) is 13.1 Å². The molecule has 1 aromatic rings. The minimum atomic E-state index is 0.00468. The molecule has 0 saturated carbocycles. The highest BCUT2D eigenvalue weighted by Gasteiger charge is 2.07. The molecule has 1 rings (SSSR count). The molecule has 0 saturated heterocycles. The number of nitrogens with one attached hydrogen (secondary N) is 1. The predicted molar refractivity (Wildman–Crippen MR) is 68.9 cm³/mol. The summed E-state index contributed by atoms with van der Waals surface area (Å²) < 4.78 is 0.777. The Bertz CT molecular complexity index is 365. The molecule has 0 bridgehead atoms. The van der Waals surface area contributed by atoms with Gasteiger partial charge >= 0.3 is 0 Å². The summed E-state index contributed by atoms with van der Waals surface area (Å²) in [5.41, 5.74) is 0. The van der Waals surface area contributed by atoms with Crippen LogP contribution in [0.3, 0.4) is 0 Å². The average molecular weight is 259 g/mol. The number of amides is 1. The molecule has 0 aliphatic rings. The minimum absolute atomic E-state index is 0.00468. The molecule has 1 heterocycles. The van der Waals surface area contributed by atoms with Crippen molar-refractivity contribution in [2.75, 3.05) is 20.1 Å². The molecule has 0 aromatic carbocycles. The fourth-order valence-electron chi connectivity index (χ4n) is 1.25. The third kappa shape index (κ3) is 4.79. The molecule has 1 amide bonds. The van der Waals surface area contributed by atoms with Gasteiger partial charge in [0, 0.05) is 18.0 Å². The lowest BCUT2D eigenvalue weighted by molar-refractivity contribution is -0.121. The van der Waals surface area contributed by atoms with Gasteiger partial charge in [-0.1, -0.05) is 17.7 Å². The molecule has 0 spiro atoms. The van der Waals surface area contributed by atoms with Crippen LogP contribution in [0.1, 0.15) is 4.88 Å². The number of halogens is 1. The van der Waals surface area contributed by atoms with Crippen LogP contribution in [0.15, 0.2) is 24.8 Å². The zero-order valence-corrected chi connectivity index (χ0v) is 10.8. The van der Waals surface area contributed by atoms with Gasteiger partial charge in [-0.3, -0.25) is 9.69 Å². The van der Waals surface area contributed by atoms with E-state index in [0.717, 1.165) is 15.8 Å². The Kier molecular flexibility index (Phi) is 5.52. The second-order valence-corrected chi connectivity index (χ2v) is 5.27. The van der Waals surface area contributed by atoms with Crippen LogP contribution < -0.4 is 5.32 Å². The van der Waals surface area contributed by atoms with E-state index in [4.69, 9.17) is 11.6 Å². The number of rotatable bonds is 6. The maximum absolute atomic E-state index is 11.4. The van der Waals surface area contributed by atoms with Gasteiger partial charge in [0.25, 0.3) is 0 Å². The largest absolute Gasteiger partial charge is 0.352 e. The molecule has 0 fully saturated rings. The summed E-state index contributed by atoms with van der Waals surface area (Å²) in [5, 5.41) is 2.73. The first-order chi connectivity index (χ1) is 7.61. The van der Waals surface area contributed by atoms with Crippen molar-refractivity contribution in [2.24, 2.45) is 0 Å². The van der Waals surface area contributed by atoms with Crippen LogP contribution in [0.5, 0.6) is 0 Å². The van der Waals surface area contributed by atoms with Crippen molar-refractivity contribution in [3.05, 3.63) is 34.0 Å². The Morgan fingerprint density at radius 3 is 3.00 bits per heavy atom. The summed E-state index contributed by atoms with van der Waals surface area (Å²) in [6, 6.07) is 3.85. The van der Waals surface area contributed by atoms with Crippen LogP contribution in [0, 0.1) is 0 Å². The van der Waals surface area contributed by atoms with Gasteiger partial charge in [0.2, 0.25) is 5.91 Å². The van der Waals surface area contributed by atoms with Crippen molar-refractivity contribution in [1.82, 2.24) is 10.2 Å². The van der Waals surface area contributed by atoms with Crippen molar-refractivity contribution in [1.29, 1.82) is 0 Å². The van der Waals surface area contributed by atoms with Crippen molar-refractivity contribution in [3.8, 4) is 0 Å². The Morgan fingerprint density at radius 1 is 1.69 bits per heavy atom. The van der Waals surface area contributed by atoms with Gasteiger partial charge in [-0.25, -0.2) is 0 Å². The number of carbonyl (C=O) groups excluding carboxylic acids is 1. The quantitative estimate of drug-likeness (QED) is 0.793. The molecule has 0 radical (unpaired) electrons. The highest BCUT2D eigenvalue weighted by Crippen LogP contribution is 2.22. The van der Waals surface area contributed by atoms with E-state index in [9.17, 15) is 4.79 Å².